The summed E-state index contributed by atoms with van der Waals surface area (Å²) in [4.78, 5) is 2.43. The molecule has 1 aromatic rings. The van der Waals surface area contributed by atoms with Gasteiger partial charge in [0.25, 0.3) is 0 Å². The standard InChI is InChI=1S/C13H22N2O2/c1-3-14-13(11-5-7-16-10-11)12-9-15(4-2)6-8-17-12/h5,7,10,12-14H,3-4,6,8-9H2,1-2H3. The zero-order valence-electron chi connectivity index (χ0n) is 10.7. The molecule has 0 aliphatic carbocycles. The predicted octanol–water partition coefficient (Wildman–Crippen LogP) is 1.65. The molecule has 4 heteroatoms. The molecule has 1 aliphatic heterocycles. The Hall–Kier alpha value is -0.840. The Bertz CT molecular complexity index is 313. The van der Waals surface area contributed by atoms with Crippen LogP contribution < -0.4 is 5.32 Å². The van der Waals surface area contributed by atoms with E-state index >= 15 is 0 Å². The van der Waals surface area contributed by atoms with Crippen molar-refractivity contribution in [3.8, 4) is 0 Å². The van der Waals surface area contributed by atoms with Crippen LogP contribution in [0.4, 0.5) is 0 Å². The molecule has 2 heterocycles. The number of furan rings is 1. The normalized spacial score (nSPS) is 23.8. The molecule has 1 N–H and O–H groups in total. The lowest BCUT2D eigenvalue weighted by molar-refractivity contribution is -0.0454. The first-order chi connectivity index (χ1) is 8.35. The Labute approximate surface area is 103 Å². The molecule has 2 unspecified atom stereocenters. The van der Waals surface area contributed by atoms with Crippen molar-refractivity contribution in [1.29, 1.82) is 0 Å². The Morgan fingerprint density at radius 2 is 2.41 bits per heavy atom. The van der Waals surface area contributed by atoms with Gasteiger partial charge in [0.1, 0.15) is 0 Å². The van der Waals surface area contributed by atoms with Crippen molar-refractivity contribution in [3.63, 3.8) is 0 Å². The fourth-order valence-corrected chi connectivity index (χ4v) is 2.36. The predicted molar refractivity (Wildman–Crippen MR) is 67.0 cm³/mol. The largest absolute Gasteiger partial charge is 0.472 e. The summed E-state index contributed by atoms with van der Waals surface area (Å²) in [5.74, 6) is 0. The highest BCUT2D eigenvalue weighted by Gasteiger charge is 2.28. The highest BCUT2D eigenvalue weighted by molar-refractivity contribution is 5.14. The second-order valence-corrected chi connectivity index (χ2v) is 4.39. The van der Waals surface area contributed by atoms with E-state index in [2.05, 4.69) is 24.1 Å². The second kappa shape index (κ2) is 6.19. The third-order valence-electron chi connectivity index (χ3n) is 3.32. The minimum absolute atomic E-state index is 0.209. The summed E-state index contributed by atoms with van der Waals surface area (Å²) in [6.45, 7) is 9.18. The first-order valence-corrected chi connectivity index (χ1v) is 6.44. The van der Waals surface area contributed by atoms with Crippen molar-refractivity contribution in [1.82, 2.24) is 10.2 Å². The third kappa shape index (κ3) is 3.09. The molecule has 0 aromatic carbocycles. The number of likely N-dealkylation sites (N-methyl/N-ethyl adjacent to an activating group) is 2. The topological polar surface area (TPSA) is 37.6 Å². The summed E-state index contributed by atoms with van der Waals surface area (Å²) < 4.78 is 11.1. The molecule has 0 radical (unpaired) electrons. The number of hydrogen-bond donors (Lipinski definition) is 1. The van der Waals surface area contributed by atoms with Crippen LogP contribution in [0.1, 0.15) is 25.5 Å². The fourth-order valence-electron chi connectivity index (χ4n) is 2.36. The van der Waals surface area contributed by atoms with Gasteiger partial charge in [0, 0.05) is 18.7 Å². The fraction of sp³-hybridized carbons (Fsp3) is 0.692. The molecular formula is C13H22N2O2. The molecule has 0 bridgehead atoms. The van der Waals surface area contributed by atoms with Crippen molar-refractivity contribution in [2.45, 2.75) is 26.0 Å². The third-order valence-corrected chi connectivity index (χ3v) is 3.32. The monoisotopic (exact) mass is 238 g/mol. The number of ether oxygens (including phenoxy) is 1. The zero-order chi connectivity index (χ0) is 12.1. The Morgan fingerprint density at radius 3 is 3.06 bits per heavy atom. The molecule has 1 fully saturated rings. The first kappa shape index (κ1) is 12.6. The quantitative estimate of drug-likeness (QED) is 0.846. The van der Waals surface area contributed by atoms with E-state index in [1.165, 1.54) is 5.56 Å². The van der Waals surface area contributed by atoms with Gasteiger partial charge in [0.15, 0.2) is 0 Å². The lowest BCUT2D eigenvalue weighted by Gasteiger charge is -2.36. The maximum Gasteiger partial charge on any atom is 0.0951 e. The number of rotatable bonds is 5. The summed E-state index contributed by atoms with van der Waals surface area (Å²) in [5, 5.41) is 3.49. The zero-order valence-corrected chi connectivity index (χ0v) is 10.7. The Morgan fingerprint density at radius 1 is 1.53 bits per heavy atom. The van der Waals surface area contributed by atoms with Crippen LogP contribution >= 0.6 is 0 Å². The lowest BCUT2D eigenvalue weighted by Crippen LogP contribution is -2.48. The van der Waals surface area contributed by atoms with Crippen LogP contribution in [-0.4, -0.2) is 43.8 Å². The molecule has 17 heavy (non-hydrogen) atoms. The lowest BCUT2D eigenvalue weighted by atomic mass is 10.0. The van der Waals surface area contributed by atoms with Crippen molar-refractivity contribution in [3.05, 3.63) is 24.2 Å². The minimum Gasteiger partial charge on any atom is -0.472 e. The van der Waals surface area contributed by atoms with Gasteiger partial charge in [0.2, 0.25) is 0 Å². The summed E-state index contributed by atoms with van der Waals surface area (Å²) in [6.07, 6.45) is 3.74. The van der Waals surface area contributed by atoms with E-state index in [-0.39, 0.29) is 12.1 Å². The summed E-state index contributed by atoms with van der Waals surface area (Å²) in [7, 11) is 0. The summed E-state index contributed by atoms with van der Waals surface area (Å²) in [6, 6.07) is 2.25. The maximum absolute atomic E-state index is 5.90. The molecule has 0 spiro atoms. The van der Waals surface area contributed by atoms with Gasteiger partial charge in [-0.2, -0.15) is 0 Å². The maximum atomic E-state index is 5.90. The van der Waals surface area contributed by atoms with Crippen LogP contribution in [0.5, 0.6) is 0 Å². The molecule has 1 saturated heterocycles. The molecule has 96 valence electrons. The SMILES string of the molecule is CCNC(c1ccoc1)C1CN(CC)CCO1. The molecule has 2 rings (SSSR count). The van der Waals surface area contributed by atoms with Gasteiger partial charge in [-0.15, -0.1) is 0 Å². The summed E-state index contributed by atoms with van der Waals surface area (Å²) >= 11 is 0. The average molecular weight is 238 g/mol. The van der Waals surface area contributed by atoms with E-state index in [0.29, 0.717) is 0 Å². The van der Waals surface area contributed by atoms with Gasteiger partial charge in [-0.1, -0.05) is 13.8 Å². The summed E-state index contributed by atoms with van der Waals surface area (Å²) in [5.41, 5.74) is 1.18. The van der Waals surface area contributed by atoms with Gasteiger partial charge < -0.3 is 14.5 Å². The molecule has 4 nitrogen and oxygen atoms in total. The van der Waals surface area contributed by atoms with E-state index in [4.69, 9.17) is 9.15 Å². The number of nitrogens with one attached hydrogen (secondary N) is 1. The number of nitrogens with zero attached hydrogens (tertiary/aromatic N) is 1. The molecule has 1 aliphatic rings. The van der Waals surface area contributed by atoms with E-state index < -0.39 is 0 Å². The van der Waals surface area contributed by atoms with Crippen LogP contribution in [0, 0.1) is 0 Å². The second-order valence-electron chi connectivity index (χ2n) is 4.39. The van der Waals surface area contributed by atoms with E-state index in [0.717, 1.165) is 32.8 Å². The van der Waals surface area contributed by atoms with Gasteiger partial charge in [0.05, 0.1) is 31.3 Å². The Balaban J connectivity index is 2.05. The van der Waals surface area contributed by atoms with Gasteiger partial charge in [-0.3, -0.25) is 4.90 Å². The van der Waals surface area contributed by atoms with Crippen molar-refractivity contribution in [2.75, 3.05) is 32.8 Å². The van der Waals surface area contributed by atoms with Gasteiger partial charge in [-0.05, 0) is 19.2 Å². The number of hydrogen-bond acceptors (Lipinski definition) is 4. The highest BCUT2D eigenvalue weighted by atomic mass is 16.5. The molecule has 2 atom stereocenters. The minimum atomic E-state index is 0.209. The van der Waals surface area contributed by atoms with Crippen molar-refractivity contribution >= 4 is 0 Å². The van der Waals surface area contributed by atoms with Crippen LogP contribution in [0.15, 0.2) is 23.0 Å². The van der Waals surface area contributed by atoms with Crippen molar-refractivity contribution in [2.24, 2.45) is 0 Å². The van der Waals surface area contributed by atoms with Crippen LogP contribution in [-0.2, 0) is 4.74 Å². The van der Waals surface area contributed by atoms with Crippen LogP contribution in [0.25, 0.3) is 0 Å². The highest BCUT2D eigenvalue weighted by Crippen LogP contribution is 2.22. The smallest absolute Gasteiger partial charge is 0.0951 e. The van der Waals surface area contributed by atoms with E-state index in [1.54, 1.807) is 6.26 Å². The first-order valence-electron chi connectivity index (χ1n) is 6.44. The number of morpholine rings is 1. The average Bonchev–Trinajstić information content (AvgIpc) is 2.89. The molecule has 0 amide bonds. The molecule has 1 aromatic heterocycles. The van der Waals surface area contributed by atoms with Gasteiger partial charge in [-0.25, -0.2) is 0 Å². The molecular weight excluding hydrogens is 216 g/mol. The van der Waals surface area contributed by atoms with E-state index in [1.807, 2.05) is 12.3 Å². The van der Waals surface area contributed by atoms with Gasteiger partial charge >= 0.3 is 0 Å². The van der Waals surface area contributed by atoms with Crippen molar-refractivity contribution < 1.29 is 9.15 Å². The van der Waals surface area contributed by atoms with Crippen LogP contribution in [0.2, 0.25) is 0 Å². The van der Waals surface area contributed by atoms with Crippen LogP contribution in [0.3, 0.4) is 0 Å². The molecule has 0 saturated carbocycles. The van der Waals surface area contributed by atoms with E-state index in [9.17, 15) is 0 Å². The Kier molecular flexibility index (Phi) is 4.59.